The Hall–Kier alpha value is -2.69. The molecule has 144 valence electrons. The Morgan fingerprint density at radius 2 is 2.26 bits per heavy atom. The molecule has 2 atom stereocenters. The number of nitrogens with one attached hydrogen (secondary N) is 3. The minimum absolute atomic E-state index is 0.0336. The number of anilines is 1. The lowest BCUT2D eigenvalue weighted by Crippen LogP contribution is -2.66. The summed E-state index contributed by atoms with van der Waals surface area (Å²) in [5.74, 6) is -2.37. The number of nitrogens with zero attached hydrogens (tertiary/aromatic N) is 4. The van der Waals surface area contributed by atoms with Gasteiger partial charge in [0.15, 0.2) is 5.49 Å². The van der Waals surface area contributed by atoms with Crippen LogP contribution in [0.3, 0.4) is 0 Å². The van der Waals surface area contributed by atoms with Crippen molar-refractivity contribution >= 4 is 29.5 Å². The van der Waals surface area contributed by atoms with Gasteiger partial charge in [-0.2, -0.15) is 0 Å². The number of halogens is 1. The van der Waals surface area contributed by atoms with Gasteiger partial charge in [-0.05, 0) is 24.6 Å². The van der Waals surface area contributed by atoms with Gasteiger partial charge in [0.05, 0.1) is 17.2 Å². The molecule has 11 heteroatoms. The quantitative estimate of drug-likeness (QED) is 0.386. The van der Waals surface area contributed by atoms with E-state index in [1.54, 1.807) is 19.3 Å². The van der Waals surface area contributed by atoms with E-state index in [4.69, 9.17) is 11.6 Å². The molecule has 0 saturated heterocycles. The van der Waals surface area contributed by atoms with Crippen LogP contribution in [-0.4, -0.2) is 49.7 Å². The molecule has 27 heavy (non-hydrogen) atoms. The zero-order chi connectivity index (χ0) is 19.6. The highest BCUT2D eigenvalue weighted by molar-refractivity contribution is 6.33. The van der Waals surface area contributed by atoms with Gasteiger partial charge < -0.3 is 20.8 Å². The highest BCUT2D eigenvalue weighted by Crippen LogP contribution is 2.23. The number of carboxylic acid groups (broad SMARTS) is 1. The van der Waals surface area contributed by atoms with Crippen LogP contribution in [0, 0.1) is 0 Å². The third-order valence-electron chi connectivity index (χ3n) is 4.16. The Morgan fingerprint density at radius 1 is 1.48 bits per heavy atom. The van der Waals surface area contributed by atoms with Gasteiger partial charge in [0, 0.05) is 25.0 Å². The van der Waals surface area contributed by atoms with Crippen molar-refractivity contribution in [2.75, 3.05) is 11.9 Å². The van der Waals surface area contributed by atoms with Crippen molar-refractivity contribution in [1.82, 2.24) is 25.6 Å². The van der Waals surface area contributed by atoms with Crippen molar-refractivity contribution in [2.45, 2.75) is 25.3 Å². The van der Waals surface area contributed by atoms with Crippen molar-refractivity contribution < 1.29 is 15.0 Å². The number of aryl methyl sites for hydroxylation is 1. The van der Waals surface area contributed by atoms with Crippen molar-refractivity contribution in [3.8, 4) is 0 Å². The van der Waals surface area contributed by atoms with E-state index in [0.717, 1.165) is 0 Å². The summed E-state index contributed by atoms with van der Waals surface area (Å²) in [6, 6.07) is 4.29. The normalized spacial score (nSPS) is 19.3. The predicted octanol–water partition coefficient (Wildman–Crippen LogP) is -0.789. The molecule has 0 bridgehead atoms. The van der Waals surface area contributed by atoms with E-state index in [0.29, 0.717) is 22.9 Å². The molecule has 2 heterocycles. The molecule has 0 spiro atoms. The standard InChI is InChI=1S/C16H20ClN7O3/c1-3-9(8-25)19-16(18-7-13-14(21-16)24(2)23-22-13)20-10-4-5-12(17)11(6-10)15(26)27/h4-7,9,18-20,25H,3,8H2,1-2H3,(H,26,27). The smallest absolute Gasteiger partial charge is 0.337 e. The number of aromatic carboxylic acids is 1. The summed E-state index contributed by atoms with van der Waals surface area (Å²) in [6.07, 6.45) is 2.29. The first-order valence-corrected chi connectivity index (χ1v) is 8.68. The maximum absolute atomic E-state index is 11.4. The minimum atomic E-state index is -1.24. The molecule has 10 nitrogen and oxygen atoms in total. The topological polar surface area (TPSA) is 137 Å². The van der Waals surface area contributed by atoms with Crippen molar-refractivity contribution in [2.24, 2.45) is 12.0 Å². The summed E-state index contributed by atoms with van der Waals surface area (Å²) in [5.41, 5.74) is 0.961. The third-order valence-corrected chi connectivity index (χ3v) is 4.49. The van der Waals surface area contributed by atoms with E-state index in [1.165, 1.54) is 16.8 Å². The fourth-order valence-electron chi connectivity index (χ4n) is 2.68. The molecule has 0 aliphatic carbocycles. The Morgan fingerprint density at radius 3 is 2.93 bits per heavy atom. The molecule has 2 unspecified atom stereocenters. The van der Waals surface area contributed by atoms with E-state index >= 15 is 0 Å². The fraction of sp³-hybridized carbons (Fsp3) is 0.375. The summed E-state index contributed by atoms with van der Waals surface area (Å²) >= 11 is 5.95. The summed E-state index contributed by atoms with van der Waals surface area (Å²) in [6.45, 7) is 1.82. The number of aromatic nitrogens is 3. The largest absolute Gasteiger partial charge is 0.478 e. The number of carbonyl (C=O) groups is 1. The minimum Gasteiger partial charge on any atom is -0.478 e. The monoisotopic (exact) mass is 393 g/mol. The first-order chi connectivity index (χ1) is 12.9. The second-order valence-electron chi connectivity index (χ2n) is 6.09. The lowest BCUT2D eigenvalue weighted by atomic mass is 10.2. The number of rotatable bonds is 7. The first-order valence-electron chi connectivity index (χ1n) is 8.30. The number of hydrogen-bond donors (Lipinski definition) is 5. The molecule has 0 radical (unpaired) electrons. The number of carboxylic acids is 1. The molecule has 1 aliphatic rings. The molecular weight excluding hydrogens is 374 g/mol. The van der Waals surface area contributed by atoms with Crippen LogP contribution in [0.4, 0.5) is 5.69 Å². The number of aliphatic hydroxyl groups excluding tert-OH is 1. The Kier molecular flexibility index (Phi) is 5.31. The van der Waals surface area contributed by atoms with Gasteiger partial charge in [0.2, 0.25) is 0 Å². The highest BCUT2D eigenvalue weighted by Gasteiger charge is 2.33. The number of fused-ring (bicyclic) bond motifs is 1. The molecule has 1 aromatic heterocycles. The summed E-state index contributed by atoms with van der Waals surface area (Å²) < 4.78 is 1.52. The van der Waals surface area contributed by atoms with E-state index in [-0.39, 0.29) is 23.2 Å². The van der Waals surface area contributed by atoms with Crippen molar-refractivity contribution in [3.63, 3.8) is 0 Å². The average Bonchev–Trinajstić information content (AvgIpc) is 3.01. The summed E-state index contributed by atoms with van der Waals surface area (Å²) in [7, 11) is 1.72. The fourth-order valence-corrected chi connectivity index (χ4v) is 2.88. The lowest BCUT2D eigenvalue weighted by molar-refractivity contribution is 0.0697. The van der Waals surface area contributed by atoms with Crippen LogP contribution in [0.15, 0.2) is 23.2 Å². The predicted molar refractivity (Wildman–Crippen MR) is 98.5 cm³/mol. The Balaban J connectivity index is 2.04. The molecule has 0 amide bonds. The van der Waals surface area contributed by atoms with Crippen LogP contribution in [0.25, 0.3) is 6.20 Å². The number of aliphatic hydroxyl groups is 1. The van der Waals surface area contributed by atoms with Crippen molar-refractivity contribution in [3.05, 3.63) is 39.6 Å². The van der Waals surface area contributed by atoms with Crippen LogP contribution in [-0.2, 0) is 7.05 Å². The van der Waals surface area contributed by atoms with Crippen LogP contribution < -0.4 is 26.8 Å². The molecule has 1 aromatic carbocycles. The zero-order valence-corrected chi connectivity index (χ0v) is 15.5. The van der Waals surface area contributed by atoms with Gasteiger partial charge in [-0.1, -0.05) is 23.7 Å². The molecule has 1 aliphatic heterocycles. The molecule has 3 rings (SSSR count). The summed E-state index contributed by atoms with van der Waals surface area (Å²) in [4.78, 5) is 16.0. The van der Waals surface area contributed by atoms with Gasteiger partial charge in [-0.3, -0.25) is 5.32 Å². The number of hydrogen-bond acceptors (Lipinski definition) is 8. The van der Waals surface area contributed by atoms with Crippen LogP contribution in [0.1, 0.15) is 23.7 Å². The van der Waals surface area contributed by atoms with E-state index in [9.17, 15) is 15.0 Å². The van der Waals surface area contributed by atoms with Crippen LogP contribution in [0.2, 0.25) is 5.02 Å². The van der Waals surface area contributed by atoms with Gasteiger partial charge in [0.25, 0.3) is 5.91 Å². The molecule has 2 aromatic rings. The average molecular weight is 394 g/mol. The molecule has 0 saturated carbocycles. The Bertz CT molecular complexity index is 973. The van der Waals surface area contributed by atoms with Gasteiger partial charge in [-0.15, -0.1) is 5.10 Å². The van der Waals surface area contributed by atoms with E-state index in [1.807, 2.05) is 6.92 Å². The van der Waals surface area contributed by atoms with Gasteiger partial charge in [0.1, 0.15) is 5.35 Å². The maximum atomic E-state index is 11.4. The second kappa shape index (κ2) is 7.51. The van der Waals surface area contributed by atoms with Gasteiger partial charge in [-0.25, -0.2) is 14.5 Å². The van der Waals surface area contributed by atoms with Crippen molar-refractivity contribution in [1.29, 1.82) is 0 Å². The molecular formula is C16H20ClN7O3. The Labute approximate surface area is 159 Å². The molecule has 5 N–H and O–H groups in total. The maximum Gasteiger partial charge on any atom is 0.337 e. The summed E-state index contributed by atoms with van der Waals surface area (Å²) in [5, 5.41) is 37.0. The first kappa shape index (κ1) is 19.1. The number of benzene rings is 1. The van der Waals surface area contributed by atoms with Crippen LogP contribution in [0.5, 0.6) is 0 Å². The molecule has 0 fully saturated rings. The van der Waals surface area contributed by atoms with E-state index < -0.39 is 11.9 Å². The zero-order valence-electron chi connectivity index (χ0n) is 14.8. The SMILES string of the molecule is CCC(CO)NC1(Nc2ccc(Cl)c(C(=O)O)c2)N=c2c(nnn2C)=CN1. The lowest BCUT2D eigenvalue weighted by Gasteiger charge is -2.36. The highest BCUT2D eigenvalue weighted by atomic mass is 35.5. The van der Waals surface area contributed by atoms with E-state index in [2.05, 4.69) is 31.3 Å². The van der Waals surface area contributed by atoms with Gasteiger partial charge >= 0.3 is 5.97 Å². The van der Waals surface area contributed by atoms with Crippen LogP contribution >= 0.6 is 11.6 Å². The third kappa shape index (κ3) is 3.87. The second-order valence-corrected chi connectivity index (χ2v) is 6.50.